The van der Waals surface area contributed by atoms with Gasteiger partial charge < -0.3 is 45.0 Å². The molecule has 0 radical (unpaired) electrons. The average molecular weight is 589 g/mol. The number of benzene rings is 1. The van der Waals surface area contributed by atoms with Gasteiger partial charge in [-0.25, -0.2) is 4.79 Å². The molecule has 3 amide bonds. The fourth-order valence-electron chi connectivity index (χ4n) is 4.58. The molecule has 4 N–H and O–H groups in total. The molecule has 11 nitrogen and oxygen atoms in total. The van der Waals surface area contributed by atoms with Gasteiger partial charge in [-0.1, -0.05) is 6.07 Å². The van der Waals surface area contributed by atoms with Crippen LogP contribution < -0.4 is 21.1 Å². The number of carbonyl (C=O) groups is 2. The van der Waals surface area contributed by atoms with Gasteiger partial charge in [0.1, 0.15) is 5.75 Å². The number of amides is 3. The molecule has 1 aromatic rings. The van der Waals surface area contributed by atoms with Crippen molar-refractivity contribution in [2.24, 2.45) is 5.73 Å². The summed E-state index contributed by atoms with van der Waals surface area (Å²) in [4.78, 5) is 27.1. The second-order valence-electron chi connectivity index (χ2n) is 9.20. The van der Waals surface area contributed by atoms with Crippen molar-refractivity contribution in [2.75, 3.05) is 78.8 Å². The number of urea groups is 1. The first-order chi connectivity index (χ1) is 18.9. The molecule has 39 heavy (non-hydrogen) atoms. The Morgan fingerprint density at radius 2 is 1.77 bits per heavy atom. The number of nitrogens with zero attached hydrogens (tertiary/aromatic N) is 1. The van der Waals surface area contributed by atoms with Crippen LogP contribution in [0.5, 0.6) is 5.75 Å². The number of alkyl halides is 1. The van der Waals surface area contributed by atoms with Gasteiger partial charge >= 0.3 is 6.03 Å². The summed E-state index contributed by atoms with van der Waals surface area (Å²) in [6.07, 6.45) is 0.649. The summed E-state index contributed by atoms with van der Waals surface area (Å²) < 4.78 is 27.7. The number of halogens is 1. The molecule has 1 fully saturated rings. The van der Waals surface area contributed by atoms with E-state index in [0.29, 0.717) is 72.4 Å². The first-order valence-corrected chi connectivity index (χ1v) is 14.7. The lowest BCUT2D eigenvalue weighted by atomic mass is 9.88. The summed E-state index contributed by atoms with van der Waals surface area (Å²) in [5.74, 6) is 0.955. The molecule has 13 heteroatoms. The van der Waals surface area contributed by atoms with Crippen LogP contribution in [0.15, 0.2) is 18.2 Å². The van der Waals surface area contributed by atoms with Crippen molar-refractivity contribution in [1.82, 2.24) is 15.5 Å². The van der Waals surface area contributed by atoms with Crippen molar-refractivity contribution in [3.63, 3.8) is 0 Å². The molecular formula is C26H41ClN4O7S. The Kier molecular flexibility index (Phi) is 13.9. The second-order valence-corrected chi connectivity index (χ2v) is 10.9. The SMILES string of the molecule is COc1ccc2c(c1)C[C@@H](COCCOCCOCCOCCN)N(C(=O)CSC1NC(=O)NCC1Cl)[C@@H]2C. The van der Waals surface area contributed by atoms with E-state index >= 15 is 0 Å². The highest BCUT2D eigenvalue weighted by atomic mass is 35.5. The maximum Gasteiger partial charge on any atom is 0.315 e. The van der Waals surface area contributed by atoms with Gasteiger partial charge in [0, 0.05) is 13.1 Å². The lowest BCUT2D eigenvalue weighted by molar-refractivity contribution is -0.135. The van der Waals surface area contributed by atoms with Gasteiger partial charge in [-0.2, -0.15) is 0 Å². The molecule has 3 rings (SSSR count). The summed E-state index contributed by atoms with van der Waals surface area (Å²) in [6, 6.07) is 5.40. The van der Waals surface area contributed by atoms with E-state index in [1.807, 2.05) is 30.0 Å². The van der Waals surface area contributed by atoms with Gasteiger partial charge in [0.05, 0.1) is 88.6 Å². The Morgan fingerprint density at radius 1 is 1.10 bits per heavy atom. The van der Waals surface area contributed by atoms with Crippen LogP contribution in [-0.4, -0.2) is 112 Å². The van der Waals surface area contributed by atoms with Gasteiger partial charge in [-0.05, 0) is 36.6 Å². The number of ether oxygens (including phenoxy) is 5. The normalized spacial score (nSPS) is 22.7. The van der Waals surface area contributed by atoms with Gasteiger partial charge in [-0.15, -0.1) is 23.4 Å². The Balaban J connectivity index is 1.50. The number of thioether (sulfide) groups is 1. The maximum atomic E-state index is 13.5. The maximum absolute atomic E-state index is 13.5. The van der Waals surface area contributed by atoms with E-state index in [-0.39, 0.29) is 40.5 Å². The first-order valence-electron chi connectivity index (χ1n) is 13.2. The Morgan fingerprint density at radius 3 is 2.44 bits per heavy atom. The largest absolute Gasteiger partial charge is 0.497 e. The lowest BCUT2D eigenvalue weighted by Gasteiger charge is -2.42. The van der Waals surface area contributed by atoms with E-state index in [1.165, 1.54) is 11.8 Å². The molecule has 4 atom stereocenters. The highest BCUT2D eigenvalue weighted by molar-refractivity contribution is 8.00. The quantitative estimate of drug-likeness (QED) is 0.183. The van der Waals surface area contributed by atoms with Crippen LogP contribution in [0.1, 0.15) is 24.1 Å². The Bertz CT molecular complexity index is 915. The zero-order valence-electron chi connectivity index (χ0n) is 22.7. The van der Waals surface area contributed by atoms with Gasteiger partial charge in [0.25, 0.3) is 0 Å². The number of nitrogens with one attached hydrogen (secondary N) is 2. The lowest BCUT2D eigenvalue weighted by Crippen LogP contribution is -2.55. The number of hydrogen-bond acceptors (Lipinski definition) is 9. The van der Waals surface area contributed by atoms with E-state index < -0.39 is 0 Å². The molecule has 0 aliphatic carbocycles. The van der Waals surface area contributed by atoms with Crippen molar-refractivity contribution in [3.8, 4) is 5.75 Å². The fourth-order valence-corrected chi connectivity index (χ4v) is 5.91. The number of fused-ring (bicyclic) bond motifs is 1. The summed E-state index contributed by atoms with van der Waals surface area (Å²) in [7, 11) is 1.64. The number of nitrogens with two attached hydrogens (primary N) is 1. The molecule has 0 saturated carbocycles. The number of carbonyl (C=O) groups excluding carboxylic acids is 2. The van der Waals surface area contributed by atoms with Gasteiger partial charge in [0.2, 0.25) is 5.91 Å². The molecule has 2 aliphatic heterocycles. The molecule has 2 heterocycles. The third-order valence-electron chi connectivity index (χ3n) is 6.49. The first kappa shape index (κ1) is 31.7. The van der Waals surface area contributed by atoms with Crippen molar-refractivity contribution in [3.05, 3.63) is 29.3 Å². The Labute approximate surface area is 239 Å². The molecule has 0 aromatic heterocycles. The summed E-state index contributed by atoms with van der Waals surface area (Å²) in [5.41, 5.74) is 7.60. The molecular weight excluding hydrogens is 548 g/mol. The zero-order valence-corrected chi connectivity index (χ0v) is 24.3. The molecule has 0 spiro atoms. The van der Waals surface area contributed by atoms with E-state index in [2.05, 4.69) is 10.6 Å². The van der Waals surface area contributed by atoms with Gasteiger partial charge in [0.15, 0.2) is 0 Å². The third-order valence-corrected chi connectivity index (χ3v) is 8.26. The summed E-state index contributed by atoms with van der Waals surface area (Å²) in [6.45, 7) is 6.59. The highest BCUT2D eigenvalue weighted by Crippen LogP contribution is 2.36. The monoisotopic (exact) mass is 588 g/mol. The number of rotatable bonds is 17. The fraction of sp³-hybridized carbons (Fsp3) is 0.692. The van der Waals surface area contributed by atoms with Crippen molar-refractivity contribution < 1.29 is 33.3 Å². The zero-order chi connectivity index (χ0) is 28.0. The summed E-state index contributed by atoms with van der Waals surface area (Å²) in [5, 5.41) is 4.81. The highest BCUT2D eigenvalue weighted by Gasteiger charge is 2.36. The van der Waals surface area contributed by atoms with E-state index in [9.17, 15) is 9.59 Å². The molecule has 2 unspecified atom stereocenters. The van der Waals surface area contributed by atoms with E-state index in [0.717, 1.165) is 16.9 Å². The standard InChI is InChI=1S/C26H41ClN4O7S/c1-18-22-4-3-21(34-2)14-19(22)13-20(16-38-12-11-37-10-9-36-8-7-35-6-5-28)31(18)24(32)17-39-25-23(27)15-29-26(33)30-25/h3-4,14,18,20,23,25H,5-13,15-17,28H2,1-2H3,(H2,29,30,33)/t18-,20+,23?,25?/m1/s1. The van der Waals surface area contributed by atoms with Crippen LogP contribution >= 0.6 is 23.4 Å². The van der Waals surface area contributed by atoms with Crippen LogP contribution in [0, 0.1) is 0 Å². The Hall–Kier alpha value is -1.80. The number of methoxy groups -OCH3 is 1. The van der Waals surface area contributed by atoms with Crippen molar-refractivity contribution in [1.29, 1.82) is 0 Å². The van der Waals surface area contributed by atoms with Crippen molar-refractivity contribution in [2.45, 2.75) is 36.2 Å². The average Bonchev–Trinajstić information content (AvgIpc) is 2.93. The smallest absolute Gasteiger partial charge is 0.315 e. The van der Waals surface area contributed by atoms with E-state index in [1.54, 1.807) is 7.11 Å². The van der Waals surface area contributed by atoms with Crippen LogP contribution in [0.4, 0.5) is 4.79 Å². The van der Waals surface area contributed by atoms with E-state index in [4.69, 9.17) is 41.0 Å². The minimum atomic E-state index is -0.338. The van der Waals surface area contributed by atoms with Crippen LogP contribution in [0.2, 0.25) is 0 Å². The minimum absolute atomic E-state index is 0.0249. The third kappa shape index (κ3) is 9.96. The van der Waals surface area contributed by atoms with Gasteiger partial charge in [-0.3, -0.25) is 4.79 Å². The summed E-state index contributed by atoms with van der Waals surface area (Å²) >= 11 is 7.70. The molecule has 2 aliphatic rings. The number of hydrogen-bond donors (Lipinski definition) is 3. The predicted molar refractivity (Wildman–Crippen MR) is 150 cm³/mol. The second kappa shape index (κ2) is 17.1. The topological polar surface area (TPSA) is 134 Å². The van der Waals surface area contributed by atoms with Crippen LogP contribution in [0.3, 0.4) is 0 Å². The van der Waals surface area contributed by atoms with Crippen LogP contribution in [0.25, 0.3) is 0 Å². The van der Waals surface area contributed by atoms with Crippen LogP contribution in [-0.2, 0) is 30.2 Å². The predicted octanol–water partition coefficient (Wildman–Crippen LogP) is 1.51. The van der Waals surface area contributed by atoms with Crippen molar-refractivity contribution >= 4 is 35.3 Å². The molecule has 220 valence electrons. The molecule has 1 aromatic carbocycles. The molecule has 0 bridgehead atoms. The minimum Gasteiger partial charge on any atom is -0.497 e. The molecule has 1 saturated heterocycles.